The molecule has 1 amide bonds. The number of nitrogens with zero attached hydrogens (tertiary/aromatic N) is 3. The fraction of sp³-hybridized carbons (Fsp3) is 0.417. The number of hydrogen-bond acceptors (Lipinski definition) is 5. The molecule has 3 rings (SSSR count). The third-order valence-corrected chi connectivity index (χ3v) is 4.04. The molecule has 2 aromatic rings. The van der Waals surface area contributed by atoms with E-state index >= 15 is 0 Å². The molecule has 0 saturated carbocycles. The number of likely N-dealkylation sites (tertiary alicyclic amines) is 1. The molecule has 3 heterocycles. The third-order valence-electron chi connectivity index (χ3n) is 3.00. The van der Waals surface area contributed by atoms with Crippen molar-refractivity contribution in [2.45, 2.75) is 19.8 Å². The predicted octanol–water partition coefficient (Wildman–Crippen LogP) is 1.99. The van der Waals surface area contributed by atoms with Gasteiger partial charge in [0.2, 0.25) is 5.89 Å². The van der Waals surface area contributed by atoms with Gasteiger partial charge in [-0.25, -0.2) is 0 Å². The zero-order chi connectivity index (χ0) is 12.7. The van der Waals surface area contributed by atoms with E-state index in [2.05, 4.69) is 10.1 Å². The normalized spacial score (nSPS) is 15.8. The van der Waals surface area contributed by atoms with Gasteiger partial charge in [-0.05, 0) is 30.9 Å². The average molecular weight is 263 g/mol. The summed E-state index contributed by atoms with van der Waals surface area (Å²) in [6, 6.07) is 1.93. The molecule has 0 bridgehead atoms. The molecule has 1 fully saturated rings. The van der Waals surface area contributed by atoms with Gasteiger partial charge < -0.3 is 9.42 Å². The lowest BCUT2D eigenvalue weighted by Crippen LogP contribution is -2.48. The predicted molar refractivity (Wildman–Crippen MR) is 66.7 cm³/mol. The van der Waals surface area contributed by atoms with E-state index in [0.717, 1.165) is 10.4 Å². The van der Waals surface area contributed by atoms with E-state index in [0.29, 0.717) is 24.8 Å². The summed E-state index contributed by atoms with van der Waals surface area (Å²) in [7, 11) is 0. The molecule has 0 N–H and O–H groups in total. The molecule has 1 aliphatic heterocycles. The monoisotopic (exact) mass is 263 g/mol. The summed E-state index contributed by atoms with van der Waals surface area (Å²) in [5.74, 6) is 1.57. The van der Waals surface area contributed by atoms with Crippen molar-refractivity contribution in [3.63, 3.8) is 0 Å². The Labute approximate surface area is 108 Å². The second kappa shape index (κ2) is 4.20. The van der Waals surface area contributed by atoms with Crippen LogP contribution in [0, 0.1) is 13.8 Å². The Hall–Kier alpha value is -1.69. The van der Waals surface area contributed by atoms with Gasteiger partial charge in [0, 0.05) is 13.1 Å². The Bertz CT molecular complexity index is 584. The highest BCUT2D eigenvalue weighted by atomic mass is 32.1. The molecule has 0 spiro atoms. The van der Waals surface area contributed by atoms with Crippen LogP contribution >= 0.6 is 11.3 Å². The molecule has 1 saturated heterocycles. The molecule has 0 atom stereocenters. The van der Waals surface area contributed by atoms with E-state index in [4.69, 9.17) is 4.52 Å². The minimum atomic E-state index is 0.0978. The lowest BCUT2D eigenvalue weighted by Gasteiger charge is -2.36. The minimum absolute atomic E-state index is 0.0978. The van der Waals surface area contributed by atoms with Crippen LogP contribution in [0.2, 0.25) is 0 Å². The van der Waals surface area contributed by atoms with Crippen LogP contribution in [0.5, 0.6) is 0 Å². The first-order valence-electron chi connectivity index (χ1n) is 5.78. The number of hydrogen-bond donors (Lipinski definition) is 0. The number of aromatic nitrogens is 2. The Morgan fingerprint density at radius 2 is 2.28 bits per heavy atom. The topological polar surface area (TPSA) is 59.2 Å². The van der Waals surface area contributed by atoms with Crippen LogP contribution in [0.25, 0.3) is 0 Å². The summed E-state index contributed by atoms with van der Waals surface area (Å²) in [6.07, 6.45) is 0. The van der Waals surface area contributed by atoms with Crippen LogP contribution in [0.3, 0.4) is 0 Å². The summed E-state index contributed by atoms with van der Waals surface area (Å²) in [4.78, 5) is 18.9. The molecule has 0 aliphatic carbocycles. The first kappa shape index (κ1) is 11.4. The van der Waals surface area contributed by atoms with Crippen LogP contribution in [-0.4, -0.2) is 34.0 Å². The van der Waals surface area contributed by atoms with Crippen LogP contribution in [0.15, 0.2) is 16.0 Å². The molecule has 2 aromatic heterocycles. The van der Waals surface area contributed by atoms with E-state index in [9.17, 15) is 4.79 Å². The largest absolute Gasteiger partial charge is 0.339 e. The van der Waals surface area contributed by atoms with E-state index in [1.165, 1.54) is 11.3 Å². The van der Waals surface area contributed by atoms with Crippen molar-refractivity contribution in [3.05, 3.63) is 33.6 Å². The zero-order valence-corrected chi connectivity index (χ0v) is 11.0. The number of carbonyl (C=O) groups excluding carboxylic acids is 1. The third kappa shape index (κ3) is 1.92. The quantitative estimate of drug-likeness (QED) is 0.831. The van der Waals surface area contributed by atoms with Crippen LogP contribution in [0.1, 0.15) is 32.9 Å². The van der Waals surface area contributed by atoms with E-state index < -0.39 is 0 Å². The summed E-state index contributed by atoms with van der Waals surface area (Å²) in [6.45, 7) is 5.12. The summed E-state index contributed by atoms with van der Waals surface area (Å²) in [5.41, 5.74) is 1.13. The second-order valence-corrected chi connectivity index (χ2v) is 5.49. The standard InChI is InChI=1S/C12H13N3O2S/c1-7-3-10(18-6-7)12(16)15-4-9(5-15)11-13-8(2)14-17-11/h3,6,9H,4-5H2,1-2H3. The van der Waals surface area contributed by atoms with Crippen LogP contribution < -0.4 is 0 Å². The number of carbonyl (C=O) groups is 1. The minimum Gasteiger partial charge on any atom is -0.339 e. The van der Waals surface area contributed by atoms with Crippen molar-refractivity contribution in [1.82, 2.24) is 15.0 Å². The van der Waals surface area contributed by atoms with Crippen molar-refractivity contribution >= 4 is 17.2 Å². The van der Waals surface area contributed by atoms with Crippen LogP contribution in [0.4, 0.5) is 0 Å². The summed E-state index contributed by atoms with van der Waals surface area (Å²) in [5, 5.41) is 5.76. The van der Waals surface area contributed by atoms with E-state index in [-0.39, 0.29) is 11.8 Å². The van der Waals surface area contributed by atoms with Gasteiger partial charge in [-0.15, -0.1) is 11.3 Å². The second-order valence-electron chi connectivity index (χ2n) is 4.58. The van der Waals surface area contributed by atoms with Gasteiger partial charge >= 0.3 is 0 Å². The maximum Gasteiger partial charge on any atom is 0.263 e. The average Bonchev–Trinajstić information content (AvgIpc) is 2.85. The first-order valence-corrected chi connectivity index (χ1v) is 6.66. The van der Waals surface area contributed by atoms with Crippen molar-refractivity contribution in [2.24, 2.45) is 0 Å². The molecule has 6 heteroatoms. The number of rotatable bonds is 2. The van der Waals surface area contributed by atoms with Gasteiger partial charge in [-0.1, -0.05) is 5.16 Å². The zero-order valence-electron chi connectivity index (χ0n) is 10.2. The molecular weight excluding hydrogens is 250 g/mol. The maximum atomic E-state index is 12.1. The van der Waals surface area contributed by atoms with Gasteiger partial charge in [-0.3, -0.25) is 4.79 Å². The molecule has 0 unspecified atom stereocenters. The first-order chi connectivity index (χ1) is 8.63. The molecular formula is C12H13N3O2S. The summed E-state index contributed by atoms with van der Waals surface area (Å²) >= 11 is 1.49. The van der Waals surface area contributed by atoms with Crippen molar-refractivity contribution in [1.29, 1.82) is 0 Å². The maximum absolute atomic E-state index is 12.1. The van der Waals surface area contributed by atoms with E-state index in [1.807, 2.05) is 23.3 Å². The highest BCUT2D eigenvalue weighted by Crippen LogP contribution is 2.28. The highest BCUT2D eigenvalue weighted by Gasteiger charge is 2.36. The fourth-order valence-electron chi connectivity index (χ4n) is 1.98. The van der Waals surface area contributed by atoms with E-state index in [1.54, 1.807) is 6.92 Å². The fourth-order valence-corrected chi connectivity index (χ4v) is 2.84. The van der Waals surface area contributed by atoms with Crippen LogP contribution in [-0.2, 0) is 0 Å². The van der Waals surface area contributed by atoms with Gasteiger partial charge in [0.1, 0.15) is 0 Å². The molecule has 94 valence electrons. The Morgan fingerprint density at radius 3 is 2.83 bits per heavy atom. The molecule has 5 nitrogen and oxygen atoms in total. The lowest BCUT2D eigenvalue weighted by atomic mass is 10.00. The van der Waals surface area contributed by atoms with Gasteiger partial charge in [0.05, 0.1) is 10.8 Å². The molecule has 18 heavy (non-hydrogen) atoms. The molecule has 0 aromatic carbocycles. The number of amides is 1. The molecule has 1 aliphatic rings. The lowest BCUT2D eigenvalue weighted by molar-refractivity contribution is 0.0574. The smallest absolute Gasteiger partial charge is 0.263 e. The van der Waals surface area contributed by atoms with Gasteiger partial charge in [0.15, 0.2) is 5.82 Å². The van der Waals surface area contributed by atoms with Gasteiger partial charge in [0.25, 0.3) is 5.91 Å². The Morgan fingerprint density at radius 1 is 1.50 bits per heavy atom. The SMILES string of the molecule is Cc1csc(C(=O)N2CC(c3nc(C)no3)C2)c1. The van der Waals surface area contributed by atoms with Gasteiger partial charge in [-0.2, -0.15) is 4.98 Å². The molecule has 0 radical (unpaired) electrons. The number of thiophene rings is 1. The highest BCUT2D eigenvalue weighted by molar-refractivity contribution is 7.12. The van der Waals surface area contributed by atoms with Crippen molar-refractivity contribution in [2.75, 3.05) is 13.1 Å². The van der Waals surface area contributed by atoms with Crippen molar-refractivity contribution < 1.29 is 9.32 Å². The number of aryl methyl sites for hydroxylation is 2. The summed E-state index contributed by atoms with van der Waals surface area (Å²) < 4.78 is 5.11. The Kier molecular flexibility index (Phi) is 2.66. The van der Waals surface area contributed by atoms with Crippen molar-refractivity contribution in [3.8, 4) is 0 Å². The Balaban J connectivity index is 1.64.